The van der Waals surface area contributed by atoms with Crippen LogP contribution in [0, 0.1) is 6.92 Å². The molecular weight excluding hydrogens is 252 g/mol. The number of benzene rings is 2. The number of nitrogens with one attached hydrogen (secondary N) is 2. The van der Waals surface area contributed by atoms with Crippen LogP contribution >= 0.6 is 0 Å². The lowest BCUT2D eigenvalue weighted by Crippen LogP contribution is -2.12. The van der Waals surface area contributed by atoms with Crippen LogP contribution < -0.4 is 5.32 Å². The number of phenols is 1. The zero-order chi connectivity index (χ0) is 14.1. The van der Waals surface area contributed by atoms with E-state index >= 15 is 0 Å². The van der Waals surface area contributed by atoms with Crippen LogP contribution in [0.15, 0.2) is 48.5 Å². The van der Waals surface area contributed by atoms with E-state index < -0.39 is 0 Å². The molecule has 1 aromatic heterocycles. The highest BCUT2D eigenvalue weighted by Gasteiger charge is 2.10. The molecule has 3 rings (SSSR count). The van der Waals surface area contributed by atoms with Crippen molar-refractivity contribution >= 4 is 22.5 Å². The summed E-state index contributed by atoms with van der Waals surface area (Å²) in [5.74, 6) is -0.0200. The highest BCUT2D eigenvalue weighted by molar-refractivity contribution is 6.06. The number of hydrogen-bond donors (Lipinski definition) is 3. The minimum atomic E-state index is -0.203. The first-order valence-corrected chi connectivity index (χ1v) is 6.31. The summed E-state index contributed by atoms with van der Waals surface area (Å²) in [6.07, 6.45) is 0. The molecule has 0 bridgehead atoms. The predicted molar refractivity (Wildman–Crippen MR) is 79.1 cm³/mol. The van der Waals surface area contributed by atoms with E-state index in [1.54, 1.807) is 24.3 Å². The molecule has 0 aliphatic rings. The Morgan fingerprint density at radius 1 is 1.15 bits per heavy atom. The number of H-pyrrole nitrogens is 1. The second-order valence-electron chi connectivity index (χ2n) is 4.78. The monoisotopic (exact) mass is 266 g/mol. The zero-order valence-electron chi connectivity index (χ0n) is 11.0. The van der Waals surface area contributed by atoms with Crippen molar-refractivity contribution in [3.05, 3.63) is 59.8 Å². The van der Waals surface area contributed by atoms with Crippen molar-refractivity contribution in [2.75, 3.05) is 5.32 Å². The Kier molecular flexibility index (Phi) is 2.91. The molecule has 0 saturated carbocycles. The van der Waals surface area contributed by atoms with Crippen molar-refractivity contribution in [3.63, 3.8) is 0 Å². The molecule has 1 heterocycles. The summed E-state index contributed by atoms with van der Waals surface area (Å²) < 4.78 is 0. The first-order chi connectivity index (χ1) is 9.61. The normalized spacial score (nSPS) is 10.7. The number of phenolic OH excluding ortho intramolecular Hbond substituents is 1. The Hall–Kier alpha value is -2.75. The number of anilines is 1. The number of rotatable bonds is 2. The number of fused-ring (bicyclic) bond motifs is 1. The topological polar surface area (TPSA) is 65.1 Å². The number of aromatic nitrogens is 1. The van der Waals surface area contributed by atoms with Gasteiger partial charge in [0.1, 0.15) is 11.4 Å². The molecule has 0 aliphatic carbocycles. The van der Waals surface area contributed by atoms with Crippen molar-refractivity contribution in [3.8, 4) is 5.75 Å². The number of aromatic amines is 1. The third-order valence-corrected chi connectivity index (χ3v) is 3.12. The lowest BCUT2D eigenvalue weighted by Gasteiger charge is -2.04. The van der Waals surface area contributed by atoms with E-state index in [1.807, 2.05) is 31.2 Å². The van der Waals surface area contributed by atoms with Gasteiger partial charge in [0.05, 0.1) is 0 Å². The van der Waals surface area contributed by atoms with Crippen LogP contribution in [-0.2, 0) is 0 Å². The summed E-state index contributed by atoms with van der Waals surface area (Å²) in [5, 5.41) is 13.1. The number of carbonyl (C=O) groups is 1. The predicted octanol–water partition coefficient (Wildman–Crippen LogP) is 3.43. The van der Waals surface area contributed by atoms with Crippen molar-refractivity contribution in [1.82, 2.24) is 4.98 Å². The van der Waals surface area contributed by atoms with Crippen LogP contribution in [0.4, 0.5) is 5.69 Å². The van der Waals surface area contributed by atoms with Crippen LogP contribution in [0.25, 0.3) is 10.9 Å². The summed E-state index contributed by atoms with van der Waals surface area (Å²) in [7, 11) is 0. The van der Waals surface area contributed by atoms with E-state index in [0.29, 0.717) is 5.69 Å². The fourth-order valence-corrected chi connectivity index (χ4v) is 2.16. The largest absolute Gasteiger partial charge is 0.508 e. The lowest BCUT2D eigenvalue weighted by molar-refractivity contribution is 0.102. The first-order valence-electron chi connectivity index (χ1n) is 6.31. The van der Waals surface area contributed by atoms with Gasteiger partial charge in [-0.25, -0.2) is 0 Å². The highest BCUT2D eigenvalue weighted by Crippen LogP contribution is 2.21. The third kappa shape index (κ3) is 2.36. The van der Waals surface area contributed by atoms with Gasteiger partial charge >= 0.3 is 0 Å². The van der Waals surface area contributed by atoms with E-state index in [-0.39, 0.29) is 11.7 Å². The molecule has 0 fully saturated rings. The van der Waals surface area contributed by atoms with Crippen LogP contribution in [-0.4, -0.2) is 16.0 Å². The molecule has 1 amide bonds. The van der Waals surface area contributed by atoms with E-state index in [9.17, 15) is 9.90 Å². The molecule has 0 unspecified atom stereocenters. The van der Waals surface area contributed by atoms with Crippen LogP contribution in [0.1, 0.15) is 16.1 Å². The number of hydrogen-bond acceptors (Lipinski definition) is 2. The lowest BCUT2D eigenvalue weighted by atomic mass is 10.2. The van der Waals surface area contributed by atoms with E-state index in [4.69, 9.17) is 0 Å². The molecule has 20 heavy (non-hydrogen) atoms. The molecule has 2 aromatic carbocycles. The highest BCUT2D eigenvalue weighted by atomic mass is 16.3. The average Bonchev–Trinajstić information content (AvgIpc) is 2.81. The van der Waals surface area contributed by atoms with Gasteiger partial charge in [0.15, 0.2) is 0 Å². The number of carbonyl (C=O) groups excluding carboxylic acids is 1. The van der Waals surface area contributed by atoms with Crippen molar-refractivity contribution in [2.24, 2.45) is 0 Å². The van der Waals surface area contributed by atoms with Gasteiger partial charge in [-0.2, -0.15) is 0 Å². The first kappa shape index (κ1) is 12.3. The van der Waals surface area contributed by atoms with E-state index in [2.05, 4.69) is 10.3 Å². The molecule has 4 heteroatoms. The quantitative estimate of drug-likeness (QED) is 0.665. The van der Waals surface area contributed by atoms with Crippen LogP contribution in [0.2, 0.25) is 0 Å². The fourth-order valence-electron chi connectivity index (χ4n) is 2.16. The fraction of sp³-hybridized carbons (Fsp3) is 0.0625. The minimum absolute atomic E-state index is 0.183. The zero-order valence-corrected chi connectivity index (χ0v) is 11.0. The van der Waals surface area contributed by atoms with Crippen LogP contribution in [0.5, 0.6) is 5.75 Å². The Balaban J connectivity index is 1.88. The maximum atomic E-state index is 12.2. The average molecular weight is 266 g/mol. The summed E-state index contributed by atoms with van der Waals surface area (Å²) >= 11 is 0. The number of aryl methyl sites for hydroxylation is 1. The van der Waals surface area contributed by atoms with Gasteiger partial charge in [-0.05, 0) is 48.9 Å². The standard InChI is InChI=1S/C16H14N2O2/c1-10-3-2-4-12(7-10)17-16(20)15-9-11-8-13(19)5-6-14(11)18-15/h2-9,18-19H,1H3,(H,17,20). The van der Waals surface area contributed by atoms with Crippen molar-refractivity contribution in [2.45, 2.75) is 6.92 Å². The maximum Gasteiger partial charge on any atom is 0.272 e. The van der Waals surface area contributed by atoms with Gasteiger partial charge < -0.3 is 15.4 Å². The SMILES string of the molecule is Cc1cccc(NC(=O)c2cc3cc(O)ccc3[nH]2)c1. The van der Waals surface area contributed by atoms with Crippen molar-refractivity contribution < 1.29 is 9.90 Å². The number of amides is 1. The summed E-state index contributed by atoms with van der Waals surface area (Å²) in [6, 6.07) is 14.3. The Morgan fingerprint density at radius 2 is 2.00 bits per heavy atom. The van der Waals surface area contributed by atoms with Gasteiger partial charge in [-0.3, -0.25) is 4.79 Å². The second-order valence-corrected chi connectivity index (χ2v) is 4.78. The van der Waals surface area contributed by atoms with E-state index in [1.165, 1.54) is 0 Å². The molecular formula is C16H14N2O2. The van der Waals surface area contributed by atoms with Gasteiger partial charge in [0, 0.05) is 16.6 Å². The molecule has 0 atom stereocenters. The summed E-state index contributed by atoms with van der Waals surface area (Å²) in [4.78, 5) is 15.2. The molecule has 3 N–H and O–H groups in total. The van der Waals surface area contributed by atoms with Gasteiger partial charge in [0.25, 0.3) is 5.91 Å². The number of aromatic hydroxyl groups is 1. The van der Waals surface area contributed by atoms with Crippen LogP contribution in [0.3, 0.4) is 0 Å². The van der Waals surface area contributed by atoms with E-state index in [0.717, 1.165) is 22.2 Å². The molecule has 0 aliphatic heterocycles. The molecule has 0 saturated heterocycles. The minimum Gasteiger partial charge on any atom is -0.508 e. The molecule has 0 radical (unpaired) electrons. The van der Waals surface area contributed by atoms with Gasteiger partial charge in [0.2, 0.25) is 0 Å². The van der Waals surface area contributed by atoms with Gasteiger partial charge in [-0.15, -0.1) is 0 Å². The molecule has 4 nitrogen and oxygen atoms in total. The third-order valence-electron chi connectivity index (χ3n) is 3.12. The second kappa shape index (κ2) is 4.74. The Bertz CT molecular complexity index is 790. The van der Waals surface area contributed by atoms with Crippen molar-refractivity contribution in [1.29, 1.82) is 0 Å². The Morgan fingerprint density at radius 3 is 2.80 bits per heavy atom. The smallest absolute Gasteiger partial charge is 0.272 e. The molecule has 0 spiro atoms. The Labute approximate surface area is 116 Å². The molecule has 3 aromatic rings. The maximum absolute atomic E-state index is 12.2. The molecule has 100 valence electrons. The van der Waals surface area contributed by atoms with Gasteiger partial charge in [-0.1, -0.05) is 12.1 Å². The summed E-state index contributed by atoms with van der Waals surface area (Å²) in [5.41, 5.74) is 3.13. The summed E-state index contributed by atoms with van der Waals surface area (Å²) in [6.45, 7) is 1.97.